The molecule has 1 saturated carbocycles. The summed E-state index contributed by atoms with van der Waals surface area (Å²) >= 11 is 0. The Balaban J connectivity index is 1.08. The predicted octanol–water partition coefficient (Wildman–Crippen LogP) is 14.4. The van der Waals surface area contributed by atoms with E-state index in [9.17, 15) is 0 Å². The minimum Gasteiger partial charge on any atom is -0.0616 e. The Kier molecular flexibility index (Phi) is 8.07. The predicted molar refractivity (Wildman–Crippen MR) is 214 cm³/mol. The molecule has 0 saturated heterocycles. The number of benzene rings is 8. The van der Waals surface area contributed by atoms with Crippen molar-refractivity contribution >= 4 is 21.5 Å². The van der Waals surface area contributed by atoms with Crippen LogP contribution in [0.5, 0.6) is 0 Å². The Morgan fingerprint density at radius 3 is 1.02 bits per heavy atom. The highest BCUT2D eigenvalue weighted by Gasteiger charge is 2.16. The maximum Gasteiger partial charge on any atom is -0.0162 e. The van der Waals surface area contributed by atoms with Gasteiger partial charge in [-0.2, -0.15) is 0 Å². The molecule has 0 nitrogen and oxygen atoms in total. The van der Waals surface area contributed by atoms with Gasteiger partial charge in [0.05, 0.1) is 0 Å². The minimum atomic E-state index is 0.710. The van der Waals surface area contributed by atoms with E-state index in [0.29, 0.717) is 5.92 Å². The maximum atomic E-state index is 2.38. The molecule has 0 heteroatoms. The molecule has 0 unspecified atom stereocenters. The fraction of sp³-hybridized carbons (Fsp3) is 0.120. The quantitative estimate of drug-likeness (QED) is 0.170. The van der Waals surface area contributed by atoms with Gasteiger partial charge in [-0.15, -0.1) is 0 Å². The summed E-state index contributed by atoms with van der Waals surface area (Å²) in [6.07, 6.45) is 6.75. The molecule has 1 aliphatic rings. The Hall–Kier alpha value is -5.72. The van der Waals surface area contributed by atoms with Crippen molar-refractivity contribution in [2.24, 2.45) is 0 Å². The monoisotopic (exact) mass is 640 g/mol. The lowest BCUT2D eigenvalue weighted by Gasteiger charge is -2.22. The molecule has 0 atom stereocenters. The SMILES string of the molecule is c1ccc2cc(-c3ccc(-c4cc(-c5ccc(-c6ccc7ccccc7c6)cc5)cc(-c5ccc(C6CCCCC6)cc5)c4)cc3)ccc2c1. The second kappa shape index (κ2) is 13.3. The molecule has 0 amide bonds. The van der Waals surface area contributed by atoms with E-state index in [1.165, 1.54) is 115 Å². The number of hydrogen-bond donors (Lipinski definition) is 0. The molecule has 0 aromatic heterocycles. The standard InChI is InChI=1S/C50H40/c1-2-8-35(9-3-1)38-14-20-41(21-15-38)48-32-49(42-22-16-39(17-23-42)46-28-26-36-10-4-6-12-44(36)30-46)34-50(33-48)43-24-18-40(19-25-43)47-29-27-37-11-5-7-13-45(37)31-47/h4-7,10-35H,1-3,8-9H2. The summed E-state index contributed by atoms with van der Waals surface area (Å²) in [6, 6.07) is 65.4. The molecule has 8 aromatic rings. The Morgan fingerprint density at radius 1 is 0.260 bits per heavy atom. The van der Waals surface area contributed by atoms with Gasteiger partial charge in [-0.3, -0.25) is 0 Å². The summed E-state index contributed by atoms with van der Waals surface area (Å²) in [5.41, 5.74) is 13.9. The highest BCUT2D eigenvalue weighted by molar-refractivity contribution is 5.89. The van der Waals surface area contributed by atoms with E-state index < -0.39 is 0 Å². The van der Waals surface area contributed by atoms with E-state index in [1.807, 2.05) is 0 Å². The molecule has 0 heterocycles. The Bertz CT molecular complexity index is 2280. The van der Waals surface area contributed by atoms with Gasteiger partial charge in [0.15, 0.2) is 0 Å². The van der Waals surface area contributed by atoms with Gasteiger partial charge in [-0.25, -0.2) is 0 Å². The molecule has 0 aliphatic heterocycles. The van der Waals surface area contributed by atoms with Crippen molar-refractivity contribution in [2.75, 3.05) is 0 Å². The topological polar surface area (TPSA) is 0 Å². The minimum absolute atomic E-state index is 0.710. The Morgan fingerprint density at radius 2 is 0.600 bits per heavy atom. The molecular weight excluding hydrogens is 601 g/mol. The largest absolute Gasteiger partial charge is 0.0616 e. The van der Waals surface area contributed by atoms with E-state index >= 15 is 0 Å². The van der Waals surface area contributed by atoms with E-state index in [1.54, 1.807) is 0 Å². The third-order valence-corrected chi connectivity index (χ3v) is 10.9. The van der Waals surface area contributed by atoms with Crippen LogP contribution in [0.3, 0.4) is 0 Å². The average molecular weight is 641 g/mol. The van der Waals surface area contributed by atoms with Gasteiger partial charge >= 0.3 is 0 Å². The van der Waals surface area contributed by atoms with Crippen molar-refractivity contribution in [2.45, 2.75) is 38.0 Å². The fourth-order valence-electron chi connectivity index (χ4n) is 7.96. The van der Waals surface area contributed by atoms with Gasteiger partial charge in [0, 0.05) is 0 Å². The lowest BCUT2D eigenvalue weighted by molar-refractivity contribution is 0.443. The molecule has 1 fully saturated rings. The van der Waals surface area contributed by atoms with Crippen LogP contribution in [-0.4, -0.2) is 0 Å². The van der Waals surface area contributed by atoms with Gasteiger partial charge in [0.1, 0.15) is 0 Å². The van der Waals surface area contributed by atoms with Crippen LogP contribution in [0, 0.1) is 0 Å². The zero-order chi connectivity index (χ0) is 33.3. The van der Waals surface area contributed by atoms with Crippen molar-refractivity contribution in [3.63, 3.8) is 0 Å². The first kappa shape index (κ1) is 30.3. The summed E-state index contributed by atoms with van der Waals surface area (Å²) in [7, 11) is 0. The van der Waals surface area contributed by atoms with Crippen LogP contribution in [0.4, 0.5) is 0 Å². The van der Waals surface area contributed by atoms with Crippen molar-refractivity contribution in [3.8, 4) is 55.6 Å². The number of rotatable bonds is 6. The van der Waals surface area contributed by atoms with E-state index in [2.05, 4.69) is 176 Å². The van der Waals surface area contributed by atoms with Gasteiger partial charge in [-0.05, 0) is 132 Å². The summed E-state index contributed by atoms with van der Waals surface area (Å²) in [5, 5.41) is 5.09. The van der Waals surface area contributed by atoms with Crippen molar-refractivity contribution in [3.05, 3.63) is 181 Å². The average Bonchev–Trinajstić information content (AvgIpc) is 3.21. The van der Waals surface area contributed by atoms with Crippen LogP contribution in [0.15, 0.2) is 176 Å². The van der Waals surface area contributed by atoms with Crippen LogP contribution in [-0.2, 0) is 0 Å². The Labute approximate surface area is 295 Å². The molecule has 0 radical (unpaired) electrons. The van der Waals surface area contributed by atoms with Crippen LogP contribution in [0.25, 0.3) is 77.2 Å². The van der Waals surface area contributed by atoms with Crippen molar-refractivity contribution < 1.29 is 0 Å². The summed E-state index contributed by atoms with van der Waals surface area (Å²) in [4.78, 5) is 0. The summed E-state index contributed by atoms with van der Waals surface area (Å²) < 4.78 is 0. The van der Waals surface area contributed by atoms with E-state index in [-0.39, 0.29) is 0 Å². The van der Waals surface area contributed by atoms with Crippen LogP contribution in [0.1, 0.15) is 43.6 Å². The first-order valence-electron chi connectivity index (χ1n) is 18.2. The number of hydrogen-bond acceptors (Lipinski definition) is 0. The van der Waals surface area contributed by atoms with Crippen LogP contribution in [0.2, 0.25) is 0 Å². The van der Waals surface area contributed by atoms with Crippen LogP contribution < -0.4 is 0 Å². The summed E-state index contributed by atoms with van der Waals surface area (Å²) in [5.74, 6) is 0.710. The first-order valence-corrected chi connectivity index (χ1v) is 18.2. The lowest BCUT2D eigenvalue weighted by atomic mass is 9.83. The zero-order valence-electron chi connectivity index (χ0n) is 28.4. The first-order chi connectivity index (χ1) is 24.7. The number of fused-ring (bicyclic) bond motifs is 2. The maximum absolute atomic E-state index is 2.38. The highest BCUT2D eigenvalue weighted by atomic mass is 14.2. The second-order valence-electron chi connectivity index (χ2n) is 14.0. The third-order valence-electron chi connectivity index (χ3n) is 10.9. The molecule has 0 N–H and O–H groups in total. The molecule has 8 aromatic carbocycles. The van der Waals surface area contributed by atoms with Gasteiger partial charge in [0.2, 0.25) is 0 Å². The fourth-order valence-corrected chi connectivity index (χ4v) is 7.96. The second-order valence-corrected chi connectivity index (χ2v) is 14.0. The molecule has 240 valence electrons. The van der Waals surface area contributed by atoms with Gasteiger partial charge < -0.3 is 0 Å². The van der Waals surface area contributed by atoms with Gasteiger partial charge in [-0.1, -0.05) is 165 Å². The van der Waals surface area contributed by atoms with Crippen LogP contribution >= 0.6 is 0 Å². The highest BCUT2D eigenvalue weighted by Crippen LogP contribution is 2.37. The molecule has 9 rings (SSSR count). The molecule has 1 aliphatic carbocycles. The van der Waals surface area contributed by atoms with Gasteiger partial charge in [0.25, 0.3) is 0 Å². The van der Waals surface area contributed by atoms with Crippen molar-refractivity contribution in [1.82, 2.24) is 0 Å². The molecule has 0 spiro atoms. The molecule has 50 heavy (non-hydrogen) atoms. The molecular formula is C50H40. The van der Waals surface area contributed by atoms with E-state index in [4.69, 9.17) is 0 Å². The summed E-state index contributed by atoms with van der Waals surface area (Å²) in [6.45, 7) is 0. The third kappa shape index (κ3) is 6.14. The van der Waals surface area contributed by atoms with E-state index in [0.717, 1.165) is 0 Å². The zero-order valence-corrected chi connectivity index (χ0v) is 28.4. The van der Waals surface area contributed by atoms with Crippen molar-refractivity contribution in [1.29, 1.82) is 0 Å². The normalized spacial score (nSPS) is 13.5. The molecule has 0 bridgehead atoms. The lowest BCUT2D eigenvalue weighted by Crippen LogP contribution is -2.04. The smallest absolute Gasteiger partial charge is 0.0162 e.